The van der Waals surface area contributed by atoms with E-state index in [-0.39, 0.29) is 17.6 Å². The summed E-state index contributed by atoms with van der Waals surface area (Å²) < 4.78 is 16.2. The van der Waals surface area contributed by atoms with Crippen molar-refractivity contribution in [2.75, 3.05) is 25.2 Å². The largest absolute Gasteiger partial charge is 0.493 e. The van der Waals surface area contributed by atoms with E-state index in [0.29, 0.717) is 40.8 Å². The molecule has 0 aromatic heterocycles. The van der Waals surface area contributed by atoms with E-state index in [4.69, 9.17) is 32.2 Å². The van der Waals surface area contributed by atoms with Crippen molar-refractivity contribution in [2.24, 2.45) is 5.73 Å². The van der Waals surface area contributed by atoms with Crippen LogP contribution in [0.4, 0.5) is 5.69 Å². The Morgan fingerprint density at radius 2 is 1.93 bits per heavy atom. The highest BCUT2D eigenvalue weighted by atomic mass is 32.1. The van der Waals surface area contributed by atoms with Crippen LogP contribution in [-0.2, 0) is 9.59 Å². The van der Waals surface area contributed by atoms with Crippen LogP contribution in [0.5, 0.6) is 17.2 Å². The maximum atomic E-state index is 13.0. The Kier molecular flexibility index (Phi) is 6.53. The number of carbonyl (C=O) groups excluding carboxylic acids is 2. The molecule has 3 rings (SSSR count). The van der Waals surface area contributed by atoms with E-state index in [1.54, 1.807) is 36.4 Å². The van der Waals surface area contributed by atoms with Gasteiger partial charge in [0, 0.05) is 0 Å². The van der Waals surface area contributed by atoms with E-state index in [1.165, 1.54) is 12.0 Å². The van der Waals surface area contributed by atoms with Gasteiger partial charge >= 0.3 is 0 Å². The minimum absolute atomic E-state index is 0.256. The third kappa shape index (κ3) is 4.52. The Balaban J connectivity index is 1.88. The molecule has 1 heterocycles. The highest BCUT2D eigenvalue weighted by molar-refractivity contribution is 7.80. The topological polar surface area (TPSA) is 103 Å². The molecular weight excluding hydrogens is 406 g/mol. The van der Waals surface area contributed by atoms with Gasteiger partial charge in [-0.1, -0.05) is 18.2 Å². The number of carbonyl (C=O) groups is 2. The number of anilines is 1. The minimum Gasteiger partial charge on any atom is -0.493 e. The smallest absolute Gasteiger partial charge is 0.281 e. The average Bonchev–Trinajstić information content (AvgIpc) is 3.00. The fraction of sp³-hybridized carbons (Fsp3) is 0.190. The van der Waals surface area contributed by atoms with Crippen LogP contribution >= 0.6 is 12.2 Å². The van der Waals surface area contributed by atoms with Crippen molar-refractivity contribution < 1.29 is 23.8 Å². The maximum absolute atomic E-state index is 13.0. The standard InChI is InChI=1S/C21H21N3O5S/c1-3-28-16-7-5-4-6-15(16)24-20(26)14(23-21(24)30)10-13-8-9-17(18(11-13)27-2)29-12-19(22)25/h4-11H,3,12H2,1-2H3,(H2,22,25)(H,23,30)/b14-10+. The van der Waals surface area contributed by atoms with Crippen molar-refractivity contribution in [3.05, 3.63) is 53.7 Å². The molecular formula is C21H21N3O5S. The number of primary amides is 1. The molecule has 2 amide bonds. The quantitative estimate of drug-likeness (QED) is 0.492. The maximum Gasteiger partial charge on any atom is 0.281 e. The summed E-state index contributed by atoms with van der Waals surface area (Å²) in [5.74, 6) is 0.436. The van der Waals surface area contributed by atoms with Gasteiger partial charge < -0.3 is 25.3 Å². The molecule has 0 radical (unpaired) electrons. The normalized spacial score (nSPS) is 14.6. The Bertz CT molecular complexity index is 1020. The molecule has 3 N–H and O–H groups in total. The number of hydrogen-bond donors (Lipinski definition) is 2. The van der Waals surface area contributed by atoms with Crippen molar-refractivity contribution >= 4 is 40.9 Å². The monoisotopic (exact) mass is 427 g/mol. The molecule has 1 fully saturated rings. The molecule has 0 atom stereocenters. The zero-order valence-corrected chi connectivity index (χ0v) is 17.3. The van der Waals surface area contributed by atoms with Crippen LogP contribution < -0.4 is 30.2 Å². The summed E-state index contributed by atoms with van der Waals surface area (Å²) in [4.78, 5) is 25.3. The molecule has 1 aliphatic rings. The molecule has 8 nitrogen and oxygen atoms in total. The Morgan fingerprint density at radius 3 is 2.63 bits per heavy atom. The molecule has 9 heteroatoms. The number of ether oxygens (including phenoxy) is 3. The van der Waals surface area contributed by atoms with E-state index in [9.17, 15) is 9.59 Å². The number of benzene rings is 2. The highest BCUT2D eigenvalue weighted by Crippen LogP contribution is 2.33. The number of hydrogen-bond acceptors (Lipinski definition) is 6. The number of rotatable bonds is 8. The molecule has 0 unspecified atom stereocenters. The van der Waals surface area contributed by atoms with Crippen LogP contribution in [0.3, 0.4) is 0 Å². The second kappa shape index (κ2) is 9.27. The van der Waals surface area contributed by atoms with Gasteiger partial charge in [0.25, 0.3) is 11.8 Å². The van der Waals surface area contributed by atoms with Gasteiger partial charge in [0.05, 0.1) is 19.4 Å². The Hall–Kier alpha value is -3.59. The summed E-state index contributed by atoms with van der Waals surface area (Å²) in [5, 5.41) is 3.20. The number of nitrogens with zero attached hydrogens (tertiary/aromatic N) is 1. The fourth-order valence-corrected chi connectivity index (χ4v) is 3.17. The number of methoxy groups -OCH3 is 1. The Labute approximate surface area is 179 Å². The van der Waals surface area contributed by atoms with Crippen LogP contribution in [0.15, 0.2) is 48.2 Å². The first-order valence-electron chi connectivity index (χ1n) is 9.12. The van der Waals surface area contributed by atoms with E-state index < -0.39 is 5.91 Å². The van der Waals surface area contributed by atoms with E-state index in [1.807, 2.05) is 19.1 Å². The summed E-state index contributed by atoms with van der Waals surface area (Å²) in [7, 11) is 1.48. The van der Waals surface area contributed by atoms with Crippen LogP contribution in [0.2, 0.25) is 0 Å². The van der Waals surface area contributed by atoms with Gasteiger partial charge in [0.2, 0.25) is 0 Å². The number of para-hydroxylation sites is 2. The zero-order chi connectivity index (χ0) is 21.7. The third-order valence-electron chi connectivity index (χ3n) is 4.15. The number of amides is 2. The first kappa shape index (κ1) is 21.1. The average molecular weight is 427 g/mol. The molecule has 0 spiro atoms. The molecule has 0 saturated carbocycles. The van der Waals surface area contributed by atoms with Gasteiger partial charge in [-0.25, -0.2) is 4.90 Å². The van der Waals surface area contributed by atoms with Gasteiger partial charge in [-0.15, -0.1) is 0 Å². The third-order valence-corrected chi connectivity index (χ3v) is 4.44. The summed E-state index contributed by atoms with van der Waals surface area (Å²) in [6, 6.07) is 12.2. The van der Waals surface area contributed by atoms with E-state index >= 15 is 0 Å². The fourth-order valence-electron chi connectivity index (χ4n) is 2.88. The minimum atomic E-state index is -0.593. The van der Waals surface area contributed by atoms with Crippen LogP contribution in [0.25, 0.3) is 6.08 Å². The lowest BCUT2D eigenvalue weighted by atomic mass is 10.1. The molecule has 0 bridgehead atoms. The molecule has 1 saturated heterocycles. The van der Waals surface area contributed by atoms with Gasteiger partial charge in [-0.2, -0.15) is 0 Å². The molecule has 2 aromatic carbocycles. The van der Waals surface area contributed by atoms with Gasteiger partial charge in [0.15, 0.2) is 23.2 Å². The van der Waals surface area contributed by atoms with Crippen LogP contribution in [0, 0.1) is 0 Å². The molecule has 30 heavy (non-hydrogen) atoms. The number of nitrogens with two attached hydrogens (primary N) is 1. The number of nitrogens with one attached hydrogen (secondary N) is 1. The first-order valence-corrected chi connectivity index (χ1v) is 9.53. The van der Waals surface area contributed by atoms with Gasteiger partial charge in [-0.05, 0) is 55.0 Å². The molecule has 2 aromatic rings. The summed E-state index contributed by atoms with van der Waals surface area (Å²) in [6.45, 7) is 2.07. The Morgan fingerprint density at radius 1 is 1.17 bits per heavy atom. The summed E-state index contributed by atoms with van der Waals surface area (Å²) in [6.07, 6.45) is 1.65. The highest BCUT2D eigenvalue weighted by Gasteiger charge is 2.33. The molecule has 156 valence electrons. The lowest BCUT2D eigenvalue weighted by Crippen LogP contribution is -2.30. The second-order valence-corrected chi connectivity index (χ2v) is 6.58. The zero-order valence-electron chi connectivity index (χ0n) is 16.5. The second-order valence-electron chi connectivity index (χ2n) is 6.19. The lowest BCUT2D eigenvalue weighted by Gasteiger charge is -2.17. The van der Waals surface area contributed by atoms with Gasteiger partial charge in [-0.3, -0.25) is 9.59 Å². The van der Waals surface area contributed by atoms with Crippen LogP contribution in [0.1, 0.15) is 12.5 Å². The van der Waals surface area contributed by atoms with Crippen LogP contribution in [-0.4, -0.2) is 37.3 Å². The predicted molar refractivity (Wildman–Crippen MR) is 116 cm³/mol. The molecule has 0 aliphatic carbocycles. The van der Waals surface area contributed by atoms with Crippen molar-refractivity contribution in [3.8, 4) is 17.2 Å². The van der Waals surface area contributed by atoms with Crippen molar-refractivity contribution in [1.82, 2.24) is 5.32 Å². The predicted octanol–water partition coefficient (Wildman–Crippen LogP) is 2.22. The first-order chi connectivity index (χ1) is 14.4. The molecule has 1 aliphatic heterocycles. The van der Waals surface area contributed by atoms with Crippen molar-refractivity contribution in [3.63, 3.8) is 0 Å². The van der Waals surface area contributed by atoms with Gasteiger partial charge in [0.1, 0.15) is 11.4 Å². The van der Waals surface area contributed by atoms with E-state index in [2.05, 4.69) is 5.32 Å². The van der Waals surface area contributed by atoms with Crippen molar-refractivity contribution in [1.29, 1.82) is 0 Å². The van der Waals surface area contributed by atoms with E-state index in [0.717, 1.165) is 0 Å². The van der Waals surface area contributed by atoms with Crippen molar-refractivity contribution in [2.45, 2.75) is 6.92 Å². The number of thiocarbonyl (C=S) groups is 1. The SMILES string of the molecule is CCOc1ccccc1N1C(=O)/C(=C\c2ccc(OCC(N)=O)c(OC)c2)NC1=S. The summed E-state index contributed by atoms with van der Waals surface area (Å²) in [5.41, 5.74) is 6.65. The summed E-state index contributed by atoms with van der Waals surface area (Å²) >= 11 is 5.37. The lowest BCUT2D eigenvalue weighted by molar-refractivity contribution is -0.120.